The van der Waals surface area contributed by atoms with Gasteiger partial charge in [-0.3, -0.25) is 9.59 Å². The Hall–Kier alpha value is -1.88. The Labute approximate surface area is 125 Å². The van der Waals surface area contributed by atoms with E-state index in [0.717, 1.165) is 24.9 Å². The highest BCUT2D eigenvalue weighted by molar-refractivity contribution is 5.94. The van der Waals surface area contributed by atoms with Gasteiger partial charge in [-0.05, 0) is 44.0 Å². The summed E-state index contributed by atoms with van der Waals surface area (Å²) < 4.78 is 0. The molecule has 114 valence electrons. The number of rotatable bonds is 4. The van der Waals surface area contributed by atoms with E-state index in [1.54, 1.807) is 12.1 Å². The molecule has 0 saturated carbocycles. The Morgan fingerprint density at radius 3 is 2.62 bits per heavy atom. The summed E-state index contributed by atoms with van der Waals surface area (Å²) in [7, 11) is 0. The first kappa shape index (κ1) is 15.5. The molecule has 2 amide bonds. The van der Waals surface area contributed by atoms with Crippen molar-refractivity contribution in [2.24, 2.45) is 0 Å². The molecule has 2 atom stereocenters. The van der Waals surface area contributed by atoms with Gasteiger partial charge in [-0.1, -0.05) is 12.1 Å². The number of piperidine rings is 1. The summed E-state index contributed by atoms with van der Waals surface area (Å²) in [4.78, 5) is 23.1. The molecule has 2 unspecified atom stereocenters. The maximum atomic E-state index is 12.2. The van der Waals surface area contributed by atoms with Gasteiger partial charge in [-0.15, -0.1) is 0 Å². The van der Waals surface area contributed by atoms with Crippen molar-refractivity contribution in [3.63, 3.8) is 0 Å². The molecule has 5 heteroatoms. The van der Waals surface area contributed by atoms with Crippen LogP contribution in [0, 0.1) is 0 Å². The molecule has 21 heavy (non-hydrogen) atoms. The lowest BCUT2D eigenvalue weighted by molar-refractivity contribution is -0.119. The Morgan fingerprint density at radius 2 is 2.00 bits per heavy atom. The molecule has 3 N–H and O–H groups in total. The van der Waals surface area contributed by atoms with Crippen LogP contribution in [0.1, 0.15) is 42.6 Å². The number of hydrogen-bond donors (Lipinski definition) is 3. The van der Waals surface area contributed by atoms with Gasteiger partial charge >= 0.3 is 0 Å². The Bertz CT molecular complexity index is 499. The molecule has 0 bridgehead atoms. The molecule has 1 fully saturated rings. The van der Waals surface area contributed by atoms with Crippen LogP contribution in [0.2, 0.25) is 0 Å². The highest BCUT2D eigenvalue weighted by Gasteiger charge is 2.22. The van der Waals surface area contributed by atoms with Gasteiger partial charge in [0.25, 0.3) is 5.91 Å². The monoisotopic (exact) mass is 289 g/mol. The maximum Gasteiger partial charge on any atom is 0.251 e. The minimum Gasteiger partial charge on any atom is -0.352 e. The third kappa shape index (κ3) is 4.56. The summed E-state index contributed by atoms with van der Waals surface area (Å²) in [5.41, 5.74) is 1.63. The Balaban J connectivity index is 1.91. The number of benzene rings is 1. The van der Waals surface area contributed by atoms with E-state index in [2.05, 4.69) is 22.9 Å². The molecule has 1 aromatic rings. The zero-order chi connectivity index (χ0) is 15.2. The van der Waals surface area contributed by atoms with Crippen molar-refractivity contribution in [2.45, 2.75) is 45.3 Å². The van der Waals surface area contributed by atoms with Crippen LogP contribution in [0.5, 0.6) is 0 Å². The molecule has 5 nitrogen and oxygen atoms in total. The molecule has 1 saturated heterocycles. The van der Waals surface area contributed by atoms with Gasteiger partial charge in [0.1, 0.15) is 0 Å². The van der Waals surface area contributed by atoms with Crippen molar-refractivity contribution in [1.29, 1.82) is 0 Å². The van der Waals surface area contributed by atoms with Crippen LogP contribution < -0.4 is 16.0 Å². The third-order valence-electron chi connectivity index (χ3n) is 3.84. The second kappa shape index (κ2) is 7.22. The topological polar surface area (TPSA) is 70.2 Å². The lowest BCUT2D eigenvalue weighted by Crippen LogP contribution is -2.51. The van der Waals surface area contributed by atoms with Crippen LogP contribution in [-0.4, -0.2) is 30.4 Å². The molecule has 1 aliphatic heterocycles. The minimum absolute atomic E-state index is 0.0402. The first-order chi connectivity index (χ1) is 10.1. The highest BCUT2D eigenvalue weighted by atomic mass is 16.2. The zero-order valence-corrected chi connectivity index (χ0v) is 12.6. The van der Waals surface area contributed by atoms with Crippen LogP contribution >= 0.6 is 0 Å². The Morgan fingerprint density at radius 1 is 1.29 bits per heavy atom. The van der Waals surface area contributed by atoms with E-state index in [1.807, 2.05) is 12.1 Å². The Kier molecular flexibility index (Phi) is 5.33. The van der Waals surface area contributed by atoms with Crippen molar-refractivity contribution < 1.29 is 9.59 Å². The second-order valence-corrected chi connectivity index (χ2v) is 5.57. The molecule has 1 heterocycles. The lowest BCUT2D eigenvalue weighted by Gasteiger charge is -2.30. The predicted octanol–water partition coefficient (Wildman–Crippen LogP) is 1.19. The van der Waals surface area contributed by atoms with Crippen molar-refractivity contribution in [2.75, 3.05) is 6.54 Å². The van der Waals surface area contributed by atoms with E-state index in [9.17, 15) is 9.59 Å². The largest absolute Gasteiger partial charge is 0.352 e. The van der Waals surface area contributed by atoms with Gasteiger partial charge in [0.15, 0.2) is 0 Å². The molecule has 0 spiro atoms. The number of amides is 2. The van der Waals surface area contributed by atoms with Crippen molar-refractivity contribution in [3.8, 4) is 0 Å². The van der Waals surface area contributed by atoms with Crippen LogP contribution in [0.15, 0.2) is 24.3 Å². The third-order valence-corrected chi connectivity index (χ3v) is 3.84. The smallest absolute Gasteiger partial charge is 0.251 e. The van der Waals surface area contributed by atoms with E-state index in [0.29, 0.717) is 18.2 Å². The fourth-order valence-electron chi connectivity index (χ4n) is 2.49. The lowest BCUT2D eigenvalue weighted by atomic mass is 9.99. The van der Waals surface area contributed by atoms with Crippen molar-refractivity contribution >= 4 is 11.8 Å². The molecular weight excluding hydrogens is 266 g/mol. The minimum atomic E-state index is -0.0596. The summed E-state index contributed by atoms with van der Waals surface area (Å²) >= 11 is 0. The summed E-state index contributed by atoms with van der Waals surface area (Å²) in [6, 6.07) is 7.83. The number of carbonyl (C=O) groups is 2. The van der Waals surface area contributed by atoms with Crippen LogP contribution in [0.3, 0.4) is 0 Å². The maximum absolute atomic E-state index is 12.2. The summed E-state index contributed by atoms with van der Waals surface area (Å²) in [5, 5.41) is 9.19. The molecule has 1 aliphatic rings. The summed E-state index contributed by atoms with van der Waals surface area (Å²) in [6.45, 7) is 5.09. The first-order valence-electron chi connectivity index (χ1n) is 7.44. The molecule has 0 radical (unpaired) electrons. The predicted molar refractivity (Wildman–Crippen MR) is 81.9 cm³/mol. The van der Waals surface area contributed by atoms with E-state index in [-0.39, 0.29) is 17.9 Å². The van der Waals surface area contributed by atoms with Gasteiger partial charge in [0.2, 0.25) is 5.91 Å². The normalized spacial score (nSPS) is 21.6. The molecule has 0 aliphatic carbocycles. The van der Waals surface area contributed by atoms with Crippen LogP contribution in [0.4, 0.5) is 0 Å². The quantitative estimate of drug-likeness (QED) is 0.780. The van der Waals surface area contributed by atoms with E-state index < -0.39 is 0 Å². The fraction of sp³-hybridized carbons (Fsp3) is 0.500. The van der Waals surface area contributed by atoms with Gasteiger partial charge in [0, 0.05) is 31.1 Å². The standard InChI is InChI=1S/C16H23N3O2/c1-11-15(4-3-9-17-11)19-16(21)14-7-5-13(6-8-14)10-18-12(2)20/h5-8,11,15,17H,3-4,9-10H2,1-2H3,(H,18,20)(H,19,21). The van der Waals surface area contributed by atoms with Crippen LogP contribution in [0.25, 0.3) is 0 Å². The van der Waals surface area contributed by atoms with Gasteiger partial charge in [0.05, 0.1) is 0 Å². The number of nitrogens with one attached hydrogen (secondary N) is 3. The first-order valence-corrected chi connectivity index (χ1v) is 7.44. The summed E-state index contributed by atoms with van der Waals surface area (Å²) in [6.07, 6.45) is 2.10. The second-order valence-electron chi connectivity index (χ2n) is 5.57. The average Bonchev–Trinajstić information content (AvgIpc) is 2.48. The SMILES string of the molecule is CC(=O)NCc1ccc(C(=O)NC2CCCNC2C)cc1. The molecule has 1 aromatic carbocycles. The highest BCUT2D eigenvalue weighted by Crippen LogP contribution is 2.10. The number of carbonyl (C=O) groups excluding carboxylic acids is 2. The molecule has 2 rings (SSSR count). The van der Waals surface area contributed by atoms with Gasteiger partial charge < -0.3 is 16.0 Å². The fourth-order valence-corrected chi connectivity index (χ4v) is 2.49. The van der Waals surface area contributed by atoms with E-state index in [1.165, 1.54) is 6.92 Å². The summed E-state index contributed by atoms with van der Waals surface area (Å²) in [5.74, 6) is -0.0998. The van der Waals surface area contributed by atoms with E-state index >= 15 is 0 Å². The molecular formula is C16H23N3O2. The van der Waals surface area contributed by atoms with Gasteiger partial charge in [-0.25, -0.2) is 0 Å². The molecule has 0 aromatic heterocycles. The average molecular weight is 289 g/mol. The number of hydrogen-bond acceptors (Lipinski definition) is 3. The van der Waals surface area contributed by atoms with Crippen molar-refractivity contribution in [3.05, 3.63) is 35.4 Å². The van der Waals surface area contributed by atoms with Crippen LogP contribution in [-0.2, 0) is 11.3 Å². The van der Waals surface area contributed by atoms with Gasteiger partial charge in [-0.2, -0.15) is 0 Å². The van der Waals surface area contributed by atoms with Crippen molar-refractivity contribution in [1.82, 2.24) is 16.0 Å². The zero-order valence-electron chi connectivity index (χ0n) is 12.6. The van der Waals surface area contributed by atoms with E-state index in [4.69, 9.17) is 0 Å².